The largest absolute Gasteiger partial charge is 0.459 e. The number of nitrogens with one attached hydrogen (secondary N) is 2. The normalized spacial score (nSPS) is 11.0. The van der Waals surface area contributed by atoms with Crippen LogP contribution in [0.4, 0.5) is 5.13 Å². The van der Waals surface area contributed by atoms with Gasteiger partial charge in [0.25, 0.3) is 5.91 Å². The van der Waals surface area contributed by atoms with E-state index in [4.69, 9.17) is 4.42 Å². The predicted molar refractivity (Wildman–Crippen MR) is 110 cm³/mol. The number of nitrogens with zero attached hydrogens (tertiary/aromatic N) is 2. The Hall–Kier alpha value is -2.71. The number of hydrogen-bond acceptors (Lipinski definition) is 7. The van der Waals surface area contributed by atoms with Crippen molar-refractivity contribution < 1.29 is 9.21 Å². The van der Waals surface area contributed by atoms with Crippen LogP contribution in [0.25, 0.3) is 21.0 Å². The van der Waals surface area contributed by atoms with Gasteiger partial charge in [-0.15, -0.1) is 11.3 Å². The Morgan fingerprint density at radius 1 is 1.07 bits per heavy atom. The average Bonchev–Trinajstić information content (AvgIpc) is 3.36. The van der Waals surface area contributed by atoms with Gasteiger partial charge in [0.15, 0.2) is 15.9 Å². The number of carbonyl (C=O) groups excluding carboxylic acids is 1. The Labute approximate surface area is 164 Å². The number of aromatic nitrogens is 2. The number of aryl methyl sites for hydroxylation is 2. The molecule has 4 rings (SSSR count). The number of benzene rings is 1. The number of para-hydroxylation sites is 1. The van der Waals surface area contributed by atoms with Gasteiger partial charge in [0.05, 0.1) is 15.9 Å². The number of fused-ring (bicyclic) bond motifs is 1. The van der Waals surface area contributed by atoms with Crippen LogP contribution in [0.5, 0.6) is 0 Å². The quantitative estimate of drug-likeness (QED) is 0.468. The summed E-state index contributed by atoms with van der Waals surface area (Å²) in [5, 5.41) is 7.76. The first-order valence-corrected chi connectivity index (χ1v) is 10.2. The van der Waals surface area contributed by atoms with Crippen molar-refractivity contribution in [2.24, 2.45) is 0 Å². The van der Waals surface area contributed by atoms with Crippen molar-refractivity contribution in [1.82, 2.24) is 15.3 Å². The second-order valence-electron chi connectivity index (χ2n) is 6.01. The van der Waals surface area contributed by atoms with Gasteiger partial charge in [-0.25, -0.2) is 9.97 Å². The number of carbonyl (C=O) groups is 1. The first-order valence-electron chi connectivity index (χ1n) is 8.52. The molecule has 0 atom stereocenters. The molecule has 0 aliphatic heterocycles. The summed E-state index contributed by atoms with van der Waals surface area (Å²) >= 11 is 2.95. The highest BCUT2D eigenvalue weighted by atomic mass is 32.1. The third kappa shape index (κ3) is 3.86. The van der Waals surface area contributed by atoms with Crippen LogP contribution in [0.3, 0.4) is 0 Å². The number of furan rings is 1. The first kappa shape index (κ1) is 17.7. The minimum absolute atomic E-state index is 0.120. The van der Waals surface area contributed by atoms with Gasteiger partial charge in [0.2, 0.25) is 0 Å². The molecule has 0 unspecified atom stereocenters. The van der Waals surface area contributed by atoms with E-state index >= 15 is 0 Å². The van der Waals surface area contributed by atoms with Crippen molar-refractivity contribution in [3.05, 3.63) is 52.7 Å². The fourth-order valence-electron chi connectivity index (χ4n) is 2.64. The molecule has 0 bridgehead atoms. The molecule has 0 aliphatic carbocycles. The molecule has 1 aromatic carbocycles. The summed E-state index contributed by atoms with van der Waals surface area (Å²) < 4.78 is 6.73. The first-order chi connectivity index (χ1) is 13.1. The van der Waals surface area contributed by atoms with E-state index in [1.807, 2.05) is 50.2 Å². The molecule has 0 radical (unpaired) electrons. The van der Waals surface area contributed by atoms with E-state index in [1.165, 1.54) is 11.3 Å². The van der Waals surface area contributed by atoms with Gasteiger partial charge in [0, 0.05) is 13.1 Å². The van der Waals surface area contributed by atoms with Gasteiger partial charge in [-0.2, -0.15) is 0 Å². The van der Waals surface area contributed by atoms with Crippen LogP contribution >= 0.6 is 22.7 Å². The number of amides is 1. The molecule has 0 saturated heterocycles. The number of hydrogen-bond donors (Lipinski definition) is 2. The number of anilines is 1. The predicted octanol–water partition coefficient (Wildman–Crippen LogP) is 4.47. The van der Waals surface area contributed by atoms with E-state index in [-0.39, 0.29) is 5.91 Å². The minimum atomic E-state index is -0.120. The monoisotopic (exact) mass is 398 g/mol. The number of rotatable bonds is 6. The molecule has 4 aromatic rings. The van der Waals surface area contributed by atoms with Crippen molar-refractivity contribution in [3.63, 3.8) is 0 Å². The van der Waals surface area contributed by atoms with Crippen LogP contribution in [0.15, 0.2) is 40.8 Å². The molecule has 0 spiro atoms. The molecule has 27 heavy (non-hydrogen) atoms. The summed E-state index contributed by atoms with van der Waals surface area (Å²) in [5.74, 6) is 1.40. The topological polar surface area (TPSA) is 80.0 Å². The lowest BCUT2D eigenvalue weighted by Gasteiger charge is -2.04. The molecule has 0 saturated carbocycles. The van der Waals surface area contributed by atoms with Crippen LogP contribution < -0.4 is 10.6 Å². The van der Waals surface area contributed by atoms with E-state index in [0.29, 0.717) is 29.4 Å². The van der Waals surface area contributed by atoms with Crippen LogP contribution in [0.2, 0.25) is 0 Å². The lowest BCUT2D eigenvalue weighted by atomic mass is 10.3. The number of thiazole rings is 2. The van der Waals surface area contributed by atoms with Crippen LogP contribution in [0, 0.1) is 13.8 Å². The van der Waals surface area contributed by atoms with Crippen molar-refractivity contribution in [3.8, 4) is 10.8 Å². The van der Waals surface area contributed by atoms with Gasteiger partial charge in [-0.05, 0) is 38.1 Å². The molecule has 0 aliphatic rings. The molecule has 0 fully saturated rings. The van der Waals surface area contributed by atoms with Crippen molar-refractivity contribution in [2.75, 3.05) is 18.4 Å². The maximum absolute atomic E-state index is 12.5. The van der Waals surface area contributed by atoms with E-state index in [1.54, 1.807) is 11.3 Å². The van der Waals surface area contributed by atoms with Gasteiger partial charge < -0.3 is 15.1 Å². The maximum atomic E-state index is 12.5. The third-order valence-electron chi connectivity index (χ3n) is 3.93. The zero-order chi connectivity index (χ0) is 18.8. The highest BCUT2D eigenvalue weighted by Gasteiger charge is 2.17. The Kier molecular flexibility index (Phi) is 4.91. The molecule has 2 N–H and O–H groups in total. The van der Waals surface area contributed by atoms with E-state index in [9.17, 15) is 4.79 Å². The standard InChI is InChI=1S/C19H18N4O2S2/c1-11-7-8-14(25-11)18-22-12(2)16(27-18)17(24)20-9-10-21-19-23-13-5-3-4-6-15(13)26-19/h3-8H,9-10H2,1-2H3,(H,20,24)(H,21,23). The molecular weight excluding hydrogens is 380 g/mol. The fraction of sp³-hybridized carbons (Fsp3) is 0.211. The van der Waals surface area contributed by atoms with E-state index in [0.717, 1.165) is 26.1 Å². The molecule has 6 nitrogen and oxygen atoms in total. The summed E-state index contributed by atoms with van der Waals surface area (Å²) in [6.07, 6.45) is 0. The Morgan fingerprint density at radius 2 is 1.93 bits per heavy atom. The highest BCUT2D eigenvalue weighted by molar-refractivity contribution is 7.22. The highest BCUT2D eigenvalue weighted by Crippen LogP contribution is 2.29. The average molecular weight is 399 g/mol. The zero-order valence-electron chi connectivity index (χ0n) is 14.9. The van der Waals surface area contributed by atoms with Crippen LogP contribution in [-0.2, 0) is 0 Å². The smallest absolute Gasteiger partial charge is 0.263 e. The Bertz CT molecular complexity index is 1060. The lowest BCUT2D eigenvalue weighted by Crippen LogP contribution is -2.28. The third-order valence-corrected chi connectivity index (χ3v) is 6.10. The summed E-state index contributed by atoms with van der Waals surface area (Å²) in [7, 11) is 0. The molecule has 1 amide bonds. The Balaban J connectivity index is 1.33. The molecule has 8 heteroatoms. The molecule has 3 aromatic heterocycles. The van der Waals surface area contributed by atoms with Crippen molar-refractivity contribution in [2.45, 2.75) is 13.8 Å². The summed E-state index contributed by atoms with van der Waals surface area (Å²) in [6.45, 7) is 4.83. The van der Waals surface area contributed by atoms with Crippen molar-refractivity contribution >= 4 is 43.9 Å². The molecule has 3 heterocycles. The second kappa shape index (κ2) is 7.50. The van der Waals surface area contributed by atoms with Crippen LogP contribution in [-0.4, -0.2) is 29.0 Å². The molecular formula is C19H18N4O2S2. The maximum Gasteiger partial charge on any atom is 0.263 e. The zero-order valence-corrected chi connectivity index (χ0v) is 16.5. The molecule has 138 valence electrons. The van der Waals surface area contributed by atoms with E-state index < -0.39 is 0 Å². The van der Waals surface area contributed by atoms with Crippen molar-refractivity contribution in [1.29, 1.82) is 0 Å². The van der Waals surface area contributed by atoms with Gasteiger partial charge in [-0.3, -0.25) is 4.79 Å². The van der Waals surface area contributed by atoms with Gasteiger partial charge >= 0.3 is 0 Å². The second-order valence-corrected chi connectivity index (χ2v) is 8.04. The van der Waals surface area contributed by atoms with Gasteiger partial charge in [-0.1, -0.05) is 23.5 Å². The van der Waals surface area contributed by atoms with Crippen LogP contribution in [0.1, 0.15) is 21.1 Å². The minimum Gasteiger partial charge on any atom is -0.459 e. The lowest BCUT2D eigenvalue weighted by molar-refractivity contribution is 0.0958. The summed E-state index contributed by atoms with van der Waals surface area (Å²) in [6, 6.07) is 11.8. The Morgan fingerprint density at radius 3 is 2.70 bits per heavy atom. The summed E-state index contributed by atoms with van der Waals surface area (Å²) in [4.78, 5) is 22.0. The van der Waals surface area contributed by atoms with E-state index in [2.05, 4.69) is 20.6 Å². The fourth-order valence-corrected chi connectivity index (χ4v) is 4.47. The SMILES string of the molecule is Cc1ccc(-c2nc(C)c(C(=O)NCCNc3nc4ccccc4s3)s2)o1. The summed E-state index contributed by atoms with van der Waals surface area (Å²) in [5.41, 5.74) is 1.69. The van der Waals surface area contributed by atoms with Gasteiger partial charge in [0.1, 0.15) is 10.6 Å².